The van der Waals surface area contributed by atoms with Crippen molar-refractivity contribution in [2.45, 2.75) is 17.8 Å². The highest BCUT2D eigenvalue weighted by molar-refractivity contribution is 7.91. The molecular formula is C11H12N2O2S2. The van der Waals surface area contributed by atoms with Crippen molar-refractivity contribution in [3.8, 4) is 0 Å². The molecule has 1 aromatic carbocycles. The van der Waals surface area contributed by atoms with Gasteiger partial charge >= 0.3 is 0 Å². The monoisotopic (exact) mass is 268 g/mol. The van der Waals surface area contributed by atoms with Crippen molar-refractivity contribution >= 4 is 21.4 Å². The predicted molar refractivity (Wildman–Crippen MR) is 67.3 cm³/mol. The molecule has 0 saturated heterocycles. The summed E-state index contributed by atoms with van der Waals surface area (Å²) < 4.78 is 26.4. The molecule has 0 fully saturated rings. The van der Waals surface area contributed by atoms with Crippen molar-refractivity contribution in [1.29, 1.82) is 0 Å². The van der Waals surface area contributed by atoms with Gasteiger partial charge < -0.3 is 0 Å². The van der Waals surface area contributed by atoms with Crippen LogP contribution in [-0.4, -0.2) is 13.4 Å². The first kappa shape index (κ1) is 12.2. The van der Waals surface area contributed by atoms with Gasteiger partial charge in [0, 0.05) is 17.6 Å². The molecular weight excluding hydrogens is 256 g/mol. The quantitative estimate of drug-likeness (QED) is 0.921. The van der Waals surface area contributed by atoms with Crippen LogP contribution in [0.5, 0.6) is 0 Å². The van der Waals surface area contributed by atoms with Crippen molar-refractivity contribution in [1.82, 2.24) is 9.71 Å². The Morgan fingerprint density at radius 3 is 2.59 bits per heavy atom. The first-order valence-corrected chi connectivity index (χ1v) is 7.40. The Bertz CT molecular complexity index is 591. The van der Waals surface area contributed by atoms with E-state index in [2.05, 4.69) is 9.71 Å². The zero-order valence-electron chi connectivity index (χ0n) is 9.25. The molecule has 0 aliphatic rings. The van der Waals surface area contributed by atoms with Crippen molar-refractivity contribution in [2.75, 3.05) is 0 Å². The third-order valence-electron chi connectivity index (χ3n) is 2.14. The van der Waals surface area contributed by atoms with Crippen molar-refractivity contribution in [2.24, 2.45) is 0 Å². The van der Waals surface area contributed by atoms with E-state index in [1.165, 1.54) is 0 Å². The van der Waals surface area contributed by atoms with Gasteiger partial charge in [-0.1, -0.05) is 30.3 Å². The van der Waals surface area contributed by atoms with Gasteiger partial charge in [0.1, 0.15) is 0 Å². The summed E-state index contributed by atoms with van der Waals surface area (Å²) in [5.74, 6) is 0. The van der Waals surface area contributed by atoms with Crippen LogP contribution >= 0.6 is 11.3 Å². The predicted octanol–water partition coefficient (Wildman–Crippen LogP) is 1.93. The Kier molecular flexibility index (Phi) is 3.56. The minimum atomic E-state index is -3.48. The smallest absolute Gasteiger partial charge is 0.229 e. The van der Waals surface area contributed by atoms with E-state index in [0.717, 1.165) is 22.6 Å². The molecule has 17 heavy (non-hydrogen) atoms. The van der Waals surface area contributed by atoms with Gasteiger partial charge in [0.2, 0.25) is 4.34 Å². The molecule has 2 rings (SSSR count). The summed E-state index contributed by atoms with van der Waals surface area (Å²) in [6, 6.07) is 9.38. The molecule has 90 valence electrons. The van der Waals surface area contributed by atoms with E-state index in [1.807, 2.05) is 30.3 Å². The first-order valence-electron chi connectivity index (χ1n) is 5.04. The largest absolute Gasteiger partial charge is 0.268 e. The van der Waals surface area contributed by atoms with E-state index in [4.69, 9.17) is 0 Å². The van der Waals surface area contributed by atoms with Crippen molar-refractivity contribution in [3.63, 3.8) is 0 Å². The second-order valence-corrected chi connectivity index (χ2v) is 6.36. The Balaban J connectivity index is 2.09. The van der Waals surface area contributed by atoms with Crippen molar-refractivity contribution < 1.29 is 8.42 Å². The summed E-state index contributed by atoms with van der Waals surface area (Å²) in [5, 5.41) is 1.72. The van der Waals surface area contributed by atoms with E-state index in [-0.39, 0.29) is 10.9 Å². The third kappa shape index (κ3) is 3.12. The number of hydrogen-bond acceptors (Lipinski definition) is 4. The minimum Gasteiger partial charge on any atom is -0.229 e. The van der Waals surface area contributed by atoms with Crippen LogP contribution in [0, 0.1) is 6.92 Å². The molecule has 0 aliphatic heterocycles. The zero-order chi connectivity index (χ0) is 12.3. The van der Waals surface area contributed by atoms with E-state index < -0.39 is 10.0 Å². The third-order valence-corrected chi connectivity index (χ3v) is 4.91. The Morgan fingerprint density at radius 2 is 2.00 bits per heavy atom. The van der Waals surface area contributed by atoms with Crippen LogP contribution in [0.25, 0.3) is 0 Å². The van der Waals surface area contributed by atoms with Gasteiger partial charge in [0.25, 0.3) is 10.0 Å². The van der Waals surface area contributed by atoms with Gasteiger partial charge in [-0.25, -0.2) is 18.1 Å². The summed E-state index contributed by atoms with van der Waals surface area (Å²) >= 11 is 1.13. The fourth-order valence-corrected chi connectivity index (χ4v) is 3.38. The maximum absolute atomic E-state index is 11.9. The second-order valence-electron chi connectivity index (χ2n) is 3.56. The Hall–Kier alpha value is -1.24. The molecule has 0 bridgehead atoms. The number of thiazole rings is 1. The van der Waals surface area contributed by atoms with Gasteiger partial charge in [0.05, 0.1) is 0 Å². The molecule has 1 heterocycles. The number of hydrogen-bond donors (Lipinski definition) is 1. The number of aromatic nitrogens is 1. The summed E-state index contributed by atoms with van der Waals surface area (Å²) in [7, 11) is -3.48. The molecule has 1 aromatic heterocycles. The molecule has 0 amide bonds. The lowest BCUT2D eigenvalue weighted by atomic mass is 10.2. The van der Waals surface area contributed by atoms with Crippen molar-refractivity contribution in [3.05, 3.63) is 47.0 Å². The van der Waals surface area contributed by atoms with Crippen LogP contribution in [0.3, 0.4) is 0 Å². The molecule has 0 aliphatic carbocycles. The maximum atomic E-state index is 11.9. The number of rotatable bonds is 4. The van der Waals surface area contributed by atoms with Gasteiger partial charge in [-0.3, -0.25) is 0 Å². The van der Waals surface area contributed by atoms with Crippen LogP contribution in [0.4, 0.5) is 0 Å². The molecule has 6 heteroatoms. The summed E-state index contributed by atoms with van der Waals surface area (Å²) in [6.07, 6.45) is 0. The van der Waals surface area contributed by atoms with Crippen LogP contribution in [0.2, 0.25) is 0 Å². The van der Waals surface area contributed by atoms with Gasteiger partial charge in [-0.15, -0.1) is 11.3 Å². The standard InChI is InChI=1S/C11H12N2O2S2/c1-9-8-16-11(13-9)17(14,15)12-7-10-5-3-2-4-6-10/h2-6,8,12H,7H2,1H3. The molecule has 0 saturated carbocycles. The Labute approximate surface area is 104 Å². The molecule has 0 spiro atoms. The number of sulfonamides is 1. The average Bonchev–Trinajstić information content (AvgIpc) is 2.76. The number of benzene rings is 1. The van der Waals surface area contributed by atoms with Gasteiger partial charge in [0.15, 0.2) is 0 Å². The topological polar surface area (TPSA) is 59.1 Å². The lowest BCUT2D eigenvalue weighted by Crippen LogP contribution is -2.23. The first-order chi connectivity index (χ1) is 8.08. The van der Waals surface area contributed by atoms with E-state index in [9.17, 15) is 8.42 Å². The fourth-order valence-electron chi connectivity index (χ4n) is 1.29. The lowest BCUT2D eigenvalue weighted by molar-refractivity contribution is 0.580. The average molecular weight is 268 g/mol. The molecule has 2 aromatic rings. The normalized spacial score (nSPS) is 11.6. The highest BCUT2D eigenvalue weighted by Crippen LogP contribution is 2.15. The molecule has 4 nitrogen and oxygen atoms in total. The van der Waals surface area contributed by atoms with E-state index in [0.29, 0.717) is 0 Å². The summed E-state index contributed by atoms with van der Waals surface area (Å²) in [4.78, 5) is 3.96. The van der Waals surface area contributed by atoms with Gasteiger partial charge in [-0.2, -0.15) is 0 Å². The lowest BCUT2D eigenvalue weighted by Gasteiger charge is -2.03. The Morgan fingerprint density at radius 1 is 1.29 bits per heavy atom. The molecule has 1 N–H and O–H groups in total. The SMILES string of the molecule is Cc1csc(S(=O)(=O)NCc2ccccc2)n1. The molecule has 0 unspecified atom stereocenters. The molecule has 0 radical (unpaired) electrons. The second kappa shape index (κ2) is 4.95. The zero-order valence-corrected chi connectivity index (χ0v) is 10.9. The minimum absolute atomic E-state index is 0.117. The number of nitrogens with zero attached hydrogens (tertiary/aromatic N) is 1. The summed E-state index contributed by atoms with van der Waals surface area (Å²) in [5.41, 5.74) is 1.64. The summed E-state index contributed by atoms with van der Waals surface area (Å²) in [6.45, 7) is 2.05. The molecule has 0 atom stereocenters. The van der Waals surface area contributed by atoms with Crippen LogP contribution in [-0.2, 0) is 16.6 Å². The van der Waals surface area contributed by atoms with Crippen LogP contribution in [0.15, 0.2) is 40.1 Å². The van der Waals surface area contributed by atoms with E-state index in [1.54, 1.807) is 12.3 Å². The van der Waals surface area contributed by atoms with Crippen LogP contribution in [0.1, 0.15) is 11.3 Å². The van der Waals surface area contributed by atoms with E-state index >= 15 is 0 Å². The number of aryl methyl sites for hydroxylation is 1. The van der Waals surface area contributed by atoms with Gasteiger partial charge in [-0.05, 0) is 12.5 Å². The highest BCUT2D eigenvalue weighted by Gasteiger charge is 2.17. The van der Waals surface area contributed by atoms with Crippen LogP contribution < -0.4 is 4.72 Å². The maximum Gasteiger partial charge on any atom is 0.268 e. The highest BCUT2D eigenvalue weighted by atomic mass is 32.2. The number of nitrogens with one attached hydrogen (secondary N) is 1. The fraction of sp³-hybridized carbons (Fsp3) is 0.182.